The van der Waals surface area contributed by atoms with Crippen molar-refractivity contribution in [1.29, 1.82) is 0 Å². The molecular weight excluding hydrogens is 396 g/mol. The molecule has 33 heavy (non-hydrogen) atoms. The minimum Gasteiger partial charge on any atom is -0.0772 e. The van der Waals surface area contributed by atoms with E-state index in [4.69, 9.17) is 0 Å². The summed E-state index contributed by atoms with van der Waals surface area (Å²) in [6, 6.07) is 12.0. The van der Waals surface area contributed by atoms with E-state index < -0.39 is 0 Å². The van der Waals surface area contributed by atoms with Gasteiger partial charge < -0.3 is 0 Å². The third-order valence-electron chi connectivity index (χ3n) is 7.94. The van der Waals surface area contributed by atoms with Gasteiger partial charge in [0.15, 0.2) is 0 Å². The fraction of sp³-hybridized carbons (Fsp3) is 0.515. The van der Waals surface area contributed by atoms with Crippen molar-refractivity contribution < 1.29 is 0 Å². The minimum atomic E-state index is 0.0212. The SMILES string of the molecule is CCCCC1=CCC(C(C)(C)c2c(C(C)(C)C)ccc3c2Cc2cc(C(C)(C)C)ccc2-3)=C1. The highest BCUT2D eigenvalue weighted by molar-refractivity contribution is 5.80. The van der Waals surface area contributed by atoms with Crippen LogP contribution < -0.4 is 0 Å². The molecule has 0 unspecified atom stereocenters. The lowest BCUT2D eigenvalue weighted by atomic mass is 9.68. The Balaban J connectivity index is 1.84. The summed E-state index contributed by atoms with van der Waals surface area (Å²) in [5.41, 5.74) is 13.9. The third-order valence-corrected chi connectivity index (χ3v) is 7.94. The average Bonchev–Trinajstić information content (AvgIpc) is 3.34. The highest BCUT2D eigenvalue weighted by Crippen LogP contribution is 2.50. The predicted molar refractivity (Wildman–Crippen MR) is 145 cm³/mol. The van der Waals surface area contributed by atoms with Crippen molar-refractivity contribution in [3.8, 4) is 11.1 Å². The van der Waals surface area contributed by atoms with Crippen molar-refractivity contribution in [2.45, 2.75) is 111 Å². The largest absolute Gasteiger partial charge is 0.0772 e. The van der Waals surface area contributed by atoms with E-state index in [0.29, 0.717) is 0 Å². The molecule has 4 rings (SSSR count). The first kappa shape index (κ1) is 24.1. The van der Waals surface area contributed by atoms with Crippen LogP contribution in [0.1, 0.15) is 116 Å². The maximum Gasteiger partial charge on any atom is 0.0117 e. The number of allylic oxidation sites excluding steroid dienone is 4. The fourth-order valence-electron chi connectivity index (χ4n) is 5.82. The monoisotopic (exact) mass is 440 g/mol. The van der Waals surface area contributed by atoms with Gasteiger partial charge >= 0.3 is 0 Å². The molecule has 0 bridgehead atoms. The van der Waals surface area contributed by atoms with Gasteiger partial charge in [0.05, 0.1) is 0 Å². The van der Waals surface area contributed by atoms with Gasteiger partial charge in [0.2, 0.25) is 0 Å². The van der Waals surface area contributed by atoms with Gasteiger partial charge in [-0.25, -0.2) is 0 Å². The number of fused-ring (bicyclic) bond motifs is 3. The summed E-state index contributed by atoms with van der Waals surface area (Å²) in [4.78, 5) is 0. The van der Waals surface area contributed by atoms with Crippen LogP contribution in [-0.4, -0.2) is 0 Å². The lowest BCUT2D eigenvalue weighted by Crippen LogP contribution is -2.28. The highest BCUT2D eigenvalue weighted by atomic mass is 14.4. The molecule has 0 amide bonds. The topological polar surface area (TPSA) is 0 Å². The van der Waals surface area contributed by atoms with E-state index in [1.54, 1.807) is 22.3 Å². The molecule has 2 aromatic carbocycles. The summed E-state index contributed by atoms with van der Waals surface area (Å²) in [6.07, 6.45) is 10.9. The van der Waals surface area contributed by atoms with Crippen LogP contribution in [0.2, 0.25) is 0 Å². The number of rotatable bonds is 5. The molecule has 2 aliphatic rings. The molecule has 0 saturated carbocycles. The second-order valence-corrected chi connectivity index (χ2v) is 12.9. The average molecular weight is 441 g/mol. The highest BCUT2D eigenvalue weighted by Gasteiger charge is 2.37. The molecular formula is C33H44. The summed E-state index contributed by atoms with van der Waals surface area (Å²) in [5.74, 6) is 0. The Morgan fingerprint density at radius 1 is 0.818 bits per heavy atom. The van der Waals surface area contributed by atoms with E-state index in [2.05, 4.69) is 105 Å². The van der Waals surface area contributed by atoms with Gasteiger partial charge in [0.1, 0.15) is 0 Å². The predicted octanol–water partition coefficient (Wildman–Crippen LogP) is 9.58. The molecule has 0 heterocycles. The Kier molecular flexibility index (Phi) is 6.05. The van der Waals surface area contributed by atoms with Gasteiger partial charge in [-0.15, -0.1) is 0 Å². The molecule has 0 radical (unpaired) electrons. The maximum atomic E-state index is 2.53. The van der Waals surface area contributed by atoms with E-state index in [9.17, 15) is 0 Å². The van der Waals surface area contributed by atoms with Crippen LogP contribution in [0.25, 0.3) is 11.1 Å². The van der Waals surface area contributed by atoms with Crippen LogP contribution in [0, 0.1) is 0 Å². The Morgan fingerprint density at radius 3 is 2.15 bits per heavy atom. The lowest BCUT2D eigenvalue weighted by Gasteiger charge is -2.36. The van der Waals surface area contributed by atoms with E-state index in [1.807, 2.05) is 0 Å². The molecule has 0 atom stereocenters. The van der Waals surface area contributed by atoms with Gasteiger partial charge in [-0.05, 0) is 75.5 Å². The first-order chi connectivity index (χ1) is 15.3. The Bertz CT molecular complexity index is 1120. The van der Waals surface area contributed by atoms with Crippen LogP contribution in [0.15, 0.2) is 53.6 Å². The Labute approximate surface area is 203 Å². The number of hydrogen-bond donors (Lipinski definition) is 0. The molecule has 0 fully saturated rings. The number of hydrogen-bond acceptors (Lipinski definition) is 0. The molecule has 0 N–H and O–H groups in total. The third kappa shape index (κ3) is 4.39. The Hall–Kier alpha value is -2.08. The van der Waals surface area contributed by atoms with Crippen molar-refractivity contribution in [1.82, 2.24) is 0 Å². The van der Waals surface area contributed by atoms with Crippen molar-refractivity contribution in [2.24, 2.45) is 0 Å². The van der Waals surface area contributed by atoms with E-state index in [1.165, 1.54) is 47.1 Å². The van der Waals surface area contributed by atoms with Crippen molar-refractivity contribution in [3.63, 3.8) is 0 Å². The second-order valence-electron chi connectivity index (χ2n) is 12.9. The number of unbranched alkanes of at least 4 members (excludes halogenated alkanes) is 1. The summed E-state index contributed by atoms with van der Waals surface area (Å²) in [6.45, 7) is 21.3. The summed E-state index contributed by atoms with van der Waals surface area (Å²) < 4.78 is 0. The summed E-state index contributed by atoms with van der Waals surface area (Å²) >= 11 is 0. The van der Waals surface area contributed by atoms with E-state index >= 15 is 0 Å². The Morgan fingerprint density at radius 2 is 1.52 bits per heavy atom. The summed E-state index contributed by atoms with van der Waals surface area (Å²) in [5, 5.41) is 0. The van der Waals surface area contributed by atoms with Crippen LogP contribution in [0.5, 0.6) is 0 Å². The zero-order chi connectivity index (χ0) is 24.2. The van der Waals surface area contributed by atoms with Gasteiger partial charge in [-0.3, -0.25) is 0 Å². The first-order valence-corrected chi connectivity index (χ1v) is 13.0. The maximum absolute atomic E-state index is 2.53. The zero-order valence-electron chi connectivity index (χ0n) is 22.6. The van der Waals surface area contributed by atoms with Crippen molar-refractivity contribution >= 4 is 0 Å². The molecule has 0 saturated heterocycles. The van der Waals surface area contributed by atoms with Crippen LogP contribution >= 0.6 is 0 Å². The second kappa shape index (κ2) is 8.30. The zero-order valence-corrected chi connectivity index (χ0v) is 22.6. The first-order valence-electron chi connectivity index (χ1n) is 13.0. The van der Waals surface area contributed by atoms with E-state index in [0.717, 1.165) is 12.8 Å². The normalized spacial score (nSPS) is 15.9. The molecule has 0 aliphatic heterocycles. The van der Waals surface area contributed by atoms with Gasteiger partial charge in [0.25, 0.3) is 0 Å². The van der Waals surface area contributed by atoms with Crippen molar-refractivity contribution in [2.75, 3.05) is 0 Å². The summed E-state index contributed by atoms with van der Waals surface area (Å²) in [7, 11) is 0. The molecule has 0 spiro atoms. The number of benzene rings is 2. The molecule has 0 nitrogen and oxygen atoms in total. The molecule has 176 valence electrons. The standard InChI is InChI=1S/C33H44/c1-10-11-12-22-13-14-25(19-22)33(8,9)30-28-21-23-20-24(31(2,3)4)15-16-26(23)27(28)17-18-29(30)32(5,6)7/h13,15-20H,10-12,14,21H2,1-9H3. The molecule has 2 aromatic rings. The minimum absolute atomic E-state index is 0.0212. The quantitative estimate of drug-likeness (QED) is 0.370. The molecule has 0 heteroatoms. The van der Waals surface area contributed by atoms with Gasteiger partial charge in [-0.2, -0.15) is 0 Å². The fourth-order valence-corrected chi connectivity index (χ4v) is 5.82. The van der Waals surface area contributed by atoms with Crippen molar-refractivity contribution in [3.05, 3.63) is 81.4 Å². The van der Waals surface area contributed by atoms with Gasteiger partial charge in [-0.1, -0.05) is 122 Å². The van der Waals surface area contributed by atoms with Crippen LogP contribution in [0.4, 0.5) is 0 Å². The lowest BCUT2D eigenvalue weighted by molar-refractivity contribution is 0.538. The van der Waals surface area contributed by atoms with E-state index in [-0.39, 0.29) is 16.2 Å². The smallest absolute Gasteiger partial charge is 0.0117 e. The van der Waals surface area contributed by atoms with Crippen LogP contribution in [0.3, 0.4) is 0 Å². The van der Waals surface area contributed by atoms with Crippen LogP contribution in [-0.2, 0) is 22.7 Å². The molecule has 0 aromatic heterocycles. The van der Waals surface area contributed by atoms with Gasteiger partial charge in [0, 0.05) is 5.41 Å². The molecule has 2 aliphatic carbocycles.